The number of anilines is 1. The zero-order valence-corrected chi connectivity index (χ0v) is 12.0. The average Bonchev–Trinajstić information content (AvgIpc) is 2.69. The van der Waals surface area contributed by atoms with E-state index in [9.17, 15) is 9.90 Å². The molecule has 19 heavy (non-hydrogen) atoms. The number of aryl methyl sites for hydroxylation is 3. The summed E-state index contributed by atoms with van der Waals surface area (Å²) in [5.41, 5.74) is 2.30. The number of phenols is 1. The van der Waals surface area contributed by atoms with Crippen LogP contribution in [0.25, 0.3) is 0 Å². The van der Waals surface area contributed by atoms with Gasteiger partial charge in [0.2, 0.25) is 0 Å². The fraction of sp³-hybridized carbons (Fsp3) is 0.286. The van der Waals surface area contributed by atoms with Gasteiger partial charge >= 0.3 is 0 Å². The highest BCUT2D eigenvalue weighted by Crippen LogP contribution is 2.23. The van der Waals surface area contributed by atoms with Gasteiger partial charge in [0, 0.05) is 10.4 Å². The number of hydrogen-bond donors (Lipinski definition) is 2. The van der Waals surface area contributed by atoms with Gasteiger partial charge in [-0.3, -0.25) is 10.1 Å². The number of thiazole rings is 1. The molecule has 0 bridgehead atoms. The Morgan fingerprint density at radius 1 is 1.42 bits per heavy atom. The molecule has 1 amide bonds. The van der Waals surface area contributed by atoms with Crippen LogP contribution in [0, 0.1) is 13.8 Å². The number of carbonyl (C=O) groups excluding carboxylic acids is 1. The Morgan fingerprint density at radius 2 is 2.16 bits per heavy atom. The molecule has 1 aromatic heterocycles. The van der Waals surface area contributed by atoms with Crippen LogP contribution >= 0.6 is 11.3 Å². The second-order valence-corrected chi connectivity index (χ2v) is 5.53. The van der Waals surface area contributed by atoms with Crippen molar-refractivity contribution in [1.82, 2.24) is 4.98 Å². The number of phenolic OH excluding ortho intramolecular Hbond substituents is 1. The maximum Gasteiger partial charge on any atom is 0.257 e. The van der Waals surface area contributed by atoms with Crippen molar-refractivity contribution in [2.75, 3.05) is 5.32 Å². The third kappa shape index (κ3) is 2.93. The smallest absolute Gasteiger partial charge is 0.257 e. The molecule has 0 saturated carbocycles. The van der Waals surface area contributed by atoms with E-state index in [-0.39, 0.29) is 11.7 Å². The molecule has 0 radical (unpaired) electrons. The number of aromatic hydroxyl groups is 1. The highest BCUT2D eigenvalue weighted by Gasteiger charge is 2.13. The first-order chi connectivity index (χ1) is 9.01. The predicted molar refractivity (Wildman–Crippen MR) is 77.0 cm³/mol. The number of nitrogens with zero attached hydrogens (tertiary/aromatic N) is 1. The minimum atomic E-state index is -0.200. The van der Waals surface area contributed by atoms with E-state index in [1.54, 1.807) is 19.1 Å². The van der Waals surface area contributed by atoms with Gasteiger partial charge in [-0.2, -0.15) is 0 Å². The normalized spacial score (nSPS) is 10.5. The average molecular weight is 276 g/mol. The fourth-order valence-electron chi connectivity index (χ4n) is 1.88. The Morgan fingerprint density at radius 3 is 2.74 bits per heavy atom. The fourth-order valence-corrected chi connectivity index (χ4v) is 2.77. The number of rotatable bonds is 3. The van der Waals surface area contributed by atoms with Crippen LogP contribution in [-0.4, -0.2) is 16.0 Å². The van der Waals surface area contributed by atoms with Gasteiger partial charge in [0.1, 0.15) is 5.75 Å². The molecule has 1 heterocycles. The standard InChI is InChI=1S/C14H16N2O2S/c1-4-12-9(3)19-14(15-12)16-13(18)11-6-5-10(17)7-8(11)2/h5-7,17H,4H2,1-3H3,(H,15,16,18). The molecule has 2 N–H and O–H groups in total. The number of amides is 1. The Balaban J connectivity index is 2.20. The van der Waals surface area contributed by atoms with Crippen LogP contribution in [-0.2, 0) is 6.42 Å². The van der Waals surface area contributed by atoms with Crippen LogP contribution in [0.1, 0.15) is 33.4 Å². The Hall–Kier alpha value is -1.88. The molecule has 0 unspecified atom stereocenters. The third-order valence-corrected chi connectivity index (χ3v) is 3.83. The highest BCUT2D eigenvalue weighted by molar-refractivity contribution is 7.15. The monoisotopic (exact) mass is 276 g/mol. The van der Waals surface area contributed by atoms with Gasteiger partial charge in [-0.05, 0) is 44.0 Å². The van der Waals surface area contributed by atoms with E-state index in [0.29, 0.717) is 10.7 Å². The van der Waals surface area contributed by atoms with Crippen LogP contribution in [0.2, 0.25) is 0 Å². The largest absolute Gasteiger partial charge is 0.508 e. The van der Waals surface area contributed by atoms with Crippen molar-refractivity contribution in [2.24, 2.45) is 0 Å². The first-order valence-corrected chi connectivity index (χ1v) is 6.90. The van der Waals surface area contributed by atoms with Crippen molar-refractivity contribution in [3.63, 3.8) is 0 Å². The van der Waals surface area contributed by atoms with Crippen LogP contribution < -0.4 is 5.32 Å². The molecule has 100 valence electrons. The molecule has 0 aliphatic rings. The van der Waals surface area contributed by atoms with E-state index in [2.05, 4.69) is 10.3 Å². The quantitative estimate of drug-likeness (QED) is 0.904. The lowest BCUT2D eigenvalue weighted by Gasteiger charge is -2.05. The molecule has 0 aliphatic carbocycles. The van der Waals surface area contributed by atoms with Crippen molar-refractivity contribution < 1.29 is 9.90 Å². The van der Waals surface area contributed by atoms with Gasteiger partial charge in [-0.25, -0.2) is 4.98 Å². The summed E-state index contributed by atoms with van der Waals surface area (Å²) in [5.74, 6) is -0.0404. The van der Waals surface area contributed by atoms with Crippen LogP contribution in [0.3, 0.4) is 0 Å². The topological polar surface area (TPSA) is 62.2 Å². The van der Waals surface area contributed by atoms with E-state index in [1.807, 2.05) is 13.8 Å². The van der Waals surface area contributed by atoms with E-state index in [0.717, 1.165) is 22.6 Å². The lowest BCUT2D eigenvalue weighted by atomic mass is 10.1. The highest BCUT2D eigenvalue weighted by atomic mass is 32.1. The Labute approximate surface area is 116 Å². The second-order valence-electron chi connectivity index (χ2n) is 4.33. The summed E-state index contributed by atoms with van der Waals surface area (Å²) in [7, 11) is 0. The zero-order valence-electron chi connectivity index (χ0n) is 11.2. The molecule has 0 saturated heterocycles. The lowest BCUT2D eigenvalue weighted by Crippen LogP contribution is -2.13. The molecule has 0 atom stereocenters. The molecular weight excluding hydrogens is 260 g/mol. The molecule has 4 nitrogen and oxygen atoms in total. The molecule has 0 spiro atoms. The number of benzene rings is 1. The van der Waals surface area contributed by atoms with Gasteiger partial charge < -0.3 is 5.11 Å². The summed E-state index contributed by atoms with van der Waals surface area (Å²) in [5, 5.41) is 12.8. The molecule has 0 fully saturated rings. The summed E-state index contributed by atoms with van der Waals surface area (Å²) >= 11 is 1.48. The minimum Gasteiger partial charge on any atom is -0.508 e. The number of aromatic nitrogens is 1. The molecular formula is C14H16N2O2S. The van der Waals surface area contributed by atoms with Gasteiger partial charge in [0.15, 0.2) is 5.13 Å². The van der Waals surface area contributed by atoms with Crippen molar-refractivity contribution >= 4 is 22.4 Å². The first-order valence-electron chi connectivity index (χ1n) is 6.08. The van der Waals surface area contributed by atoms with Crippen LogP contribution in [0.15, 0.2) is 18.2 Å². The van der Waals surface area contributed by atoms with E-state index >= 15 is 0 Å². The van der Waals surface area contributed by atoms with Crippen molar-refractivity contribution in [3.05, 3.63) is 39.9 Å². The van der Waals surface area contributed by atoms with Gasteiger partial charge in [-0.15, -0.1) is 11.3 Å². The van der Waals surface area contributed by atoms with Crippen molar-refractivity contribution in [3.8, 4) is 5.75 Å². The maximum atomic E-state index is 12.1. The summed E-state index contributed by atoms with van der Waals surface area (Å²) in [6, 6.07) is 4.69. The van der Waals surface area contributed by atoms with E-state index in [1.165, 1.54) is 17.4 Å². The van der Waals surface area contributed by atoms with Gasteiger partial charge in [0.25, 0.3) is 5.91 Å². The molecule has 2 aromatic rings. The van der Waals surface area contributed by atoms with Gasteiger partial charge in [0.05, 0.1) is 5.69 Å². The summed E-state index contributed by atoms with van der Waals surface area (Å²) in [6.07, 6.45) is 0.858. The molecule has 0 aliphatic heterocycles. The maximum absolute atomic E-state index is 12.1. The minimum absolute atomic E-state index is 0.160. The second kappa shape index (κ2) is 5.40. The predicted octanol–water partition coefficient (Wildman–Crippen LogP) is 3.28. The summed E-state index contributed by atoms with van der Waals surface area (Å²) in [4.78, 5) is 17.6. The Kier molecular flexibility index (Phi) is 3.85. The van der Waals surface area contributed by atoms with E-state index < -0.39 is 0 Å². The van der Waals surface area contributed by atoms with Gasteiger partial charge in [-0.1, -0.05) is 6.92 Å². The SMILES string of the molecule is CCc1nc(NC(=O)c2ccc(O)cc2C)sc1C. The third-order valence-electron chi connectivity index (χ3n) is 2.90. The number of carbonyl (C=O) groups is 1. The molecule has 5 heteroatoms. The van der Waals surface area contributed by atoms with Crippen LogP contribution in [0.4, 0.5) is 5.13 Å². The number of nitrogens with one attached hydrogen (secondary N) is 1. The summed E-state index contributed by atoms with van der Waals surface area (Å²) in [6.45, 7) is 5.83. The van der Waals surface area contributed by atoms with E-state index in [4.69, 9.17) is 0 Å². The Bertz CT molecular complexity index is 620. The zero-order chi connectivity index (χ0) is 14.0. The summed E-state index contributed by atoms with van der Waals surface area (Å²) < 4.78 is 0. The number of hydrogen-bond acceptors (Lipinski definition) is 4. The van der Waals surface area contributed by atoms with Crippen molar-refractivity contribution in [1.29, 1.82) is 0 Å². The van der Waals surface area contributed by atoms with Crippen LogP contribution in [0.5, 0.6) is 5.75 Å². The van der Waals surface area contributed by atoms with Crippen molar-refractivity contribution in [2.45, 2.75) is 27.2 Å². The molecule has 1 aromatic carbocycles. The molecule has 2 rings (SSSR count). The lowest BCUT2D eigenvalue weighted by molar-refractivity contribution is 0.102. The first kappa shape index (κ1) is 13.5.